The Bertz CT molecular complexity index is 185. The summed E-state index contributed by atoms with van der Waals surface area (Å²) in [5, 5.41) is 3.56. The Morgan fingerprint density at radius 1 is 1.06 bits per heavy atom. The van der Waals surface area contributed by atoms with Gasteiger partial charge in [0, 0.05) is 19.6 Å². The lowest BCUT2D eigenvalue weighted by Gasteiger charge is -2.26. The van der Waals surface area contributed by atoms with E-state index in [9.17, 15) is 0 Å². The Morgan fingerprint density at radius 2 is 1.67 bits per heavy atom. The standard InChI is InChI=1S/C15H31NO2/c1-4-17-15(18-5-2)10-11-16-12-14-8-6-13(3)7-9-14/h13-16H,4-12H2,1-3H3. The zero-order chi connectivity index (χ0) is 13.2. The Hall–Kier alpha value is -0.120. The number of rotatable bonds is 9. The van der Waals surface area contributed by atoms with Crippen LogP contribution < -0.4 is 5.32 Å². The summed E-state index contributed by atoms with van der Waals surface area (Å²) in [6.45, 7) is 10.0. The lowest BCUT2D eigenvalue weighted by atomic mass is 9.83. The van der Waals surface area contributed by atoms with Crippen molar-refractivity contribution in [1.29, 1.82) is 0 Å². The van der Waals surface area contributed by atoms with Crippen molar-refractivity contribution in [3.8, 4) is 0 Å². The minimum atomic E-state index is -0.0288. The monoisotopic (exact) mass is 257 g/mol. The van der Waals surface area contributed by atoms with Gasteiger partial charge in [-0.2, -0.15) is 0 Å². The molecule has 0 radical (unpaired) electrons. The first-order valence-electron chi connectivity index (χ1n) is 7.70. The summed E-state index contributed by atoms with van der Waals surface area (Å²) >= 11 is 0. The molecule has 1 rings (SSSR count). The van der Waals surface area contributed by atoms with Gasteiger partial charge in [0.15, 0.2) is 6.29 Å². The van der Waals surface area contributed by atoms with Crippen molar-refractivity contribution in [3.05, 3.63) is 0 Å². The minimum absolute atomic E-state index is 0.0288. The molecule has 1 aliphatic rings. The summed E-state index contributed by atoms with van der Waals surface area (Å²) in [6, 6.07) is 0. The van der Waals surface area contributed by atoms with Crippen molar-refractivity contribution in [1.82, 2.24) is 5.32 Å². The zero-order valence-electron chi connectivity index (χ0n) is 12.4. The molecular formula is C15H31NO2. The Balaban J connectivity index is 2.02. The highest BCUT2D eigenvalue weighted by atomic mass is 16.7. The highest BCUT2D eigenvalue weighted by molar-refractivity contribution is 4.71. The van der Waals surface area contributed by atoms with Gasteiger partial charge in [0.05, 0.1) is 0 Å². The van der Waals surface area contributed by atoms with Gasteiger partial charge < -0.3 is 14.8 Å². The number of nitrogens with one attached hydrogen (secondary N) is 1. The van der Waals surface area contributed by atoms with E-state index in [2.05, 4.69) is 12.2 Å². The first-order valence-corrected chi connectivity index (χ1v) is 7.70. The van der Waals surface area contributed by atoms with Crippen LogP contribution >= 0.6 is 0 Å². The molecule has 0 aromatic rings. The van der Waals surface area contributed by atoms with Gasteiger partial charge in [0.1, 0.15) is 0 Å². The minimum Gasteiger partial charge on any atom is -0.353 e. The van der Waals surface area contributed by atoms with E-state index in [-0.39, 0.29) is 6.29 Å². The molecule has 0 spiro atoms. The lowest BCUT2D eigenvalue weighted by molar-refractivity contribution is -0.138. The quantitative estimate of drug-likeness (QED) is 0.508. The molecular weight excluding hydrogens is 226 g/mol. The summed E-state index contributed by atoms with van der Waals surface area (Å²) in [6.07, 6.45) is 6.53. The molecule has 0 aromatic carbocycles. The smallest absolute Gasteiger partial charge is 0.158 e. The van der Waals surface area contributed by atoms with Crippen molar-refractivity contribution in [2.45, 2.75) is 59.2 Å². The predicted molar refractivity (Wildman–Crippen MR) is 75.6 cm³/mol. The third-order valence-electron chi connectivity index (χ3n) is 3.83. The third-order valence-corrected chi connectivity index (χ3v) is 3.83. The van der Waals surface area contributed by atoms with Gasteiger partial charge in [0.2, 0.25) is 0 Å². The average Bonchev–Trinajstić information content (AvgIpc) is 2.37. The molecule has 0 atom stereocenters. The fraction of sp³-hybridized carbons (Fsp3) is 1.00. The molecule has 1 saturated carbocycles. The number of ether oxygens (including phenoxy) is 2. The maximum Gasteiger partial charge on any atom is 0.158 e. The van der Waals surface area contributed by atoms with Crippen molar-refractivity contribution in [2.75, 3.05) is 26.3 Å². The molecule has 108 valence electrons. The maximum absolute atomic E-state index is 5.53. The SMILES string of the molecule is CCOC(CCNCC1CCC(C)CC1)OCC. The molecule has 1 N–H and O–H groups in total. The average molecular weight is 257 g/mol. The summed E-state index contributed by atoms with van der Waals surface area (Å²) in [5.74, 6) is 1.83. The molecule has 3 heteroatoms. The second-order valence-electron chi connectivity index (χ2n) is 5.46. The molecule has 1 fully saturated rings. The van der Waals surface area contributed by atoms with Crippen LogP contribution in [-0.2, 0) is 9.47 Å². The topological polar surface area (TPSA) is 30.5 Å². The molecule has 0 amide bonds. The van der Waals surface area contributed by atoms with Crippen LogP contribution in [0.4, 0.5) is 0 Å². The number of hydrogen-bond acceptors (Lipinski definition) is 3. The third kappa shape index (κ3) is 6.72. The lowest BCUT2D eigenvalue weighted by Crippen LogP contribution is -2.30. The molecule has 0 aliphatic heterocycles. The second-order valence-corrected chi connectivity index (χ2v) is 5.46. The van der Waals surface area contributed by atoms with E-state index >= 15 is 0 Å². The second kappa shape index (κ2) is 9.76. The molecule has 0 saturated heterocycles. The largest absolute Gasteiger partial charge is 0.353 e. The van der Waals surface area contributed by atoms with Crippen molar-refractivity contribution >= 4 is 0 Å². The van der Waals surface area contributed by atoms with Gasteiger partial charge in [-0.3, -0.25) is 0 Å². The molecule has 0 heterocycles. The van der Waals surface area contributed by atoms with Crippen LogP contribution in [0.15, 0.2) is 0 Å². The van der Waals surface area contributed by atoms with E-state index in [4.69, 9.17) is 9.47 Å². The molecule has 0 unspecified atom stereocenters. The van der Waals surface area contributed by atoms with Crippen molar-refractivity contribution in [2.24, 2.45) is 11.8 Å². The van der Waals surface area contributed by atoms with Crippen LogP contribution in [0.2, 0.25) is 0 Å². The Labute approximate surface area is 113 Å². The van der Waals surface area contributed by atoms with E-state index in [1.807, 2.05) is 13.8 Å². The fourth-order valence-electron chi connectivity index (χ4n) is 2.65. The van der Waals surface area contributed by atoms with E-state index < -0.39 is 0 Å². The van der Waals surface area contributed by atoms with Crippen molar-refractivity contribution < 1.29 is 9.47 Å². The van der Waals surface area contributed by atoms with Crippen LogP contribution in [0.3, 0.4) is 0 Å². The van der Waals surface area contributed by atoms with Gasteiger partial charge in [-0.1, -0.05) is 19.8 Å². The van der Waals surface area contributed by atoms with Crippen LogP contribution in [0.1, 0.15) is 52.9 Å². The molecule has 1 aliphatic carbocycles. The van der Waals surface area contributed by atoms with Gasteiger partial charge in [-0.25, -0.2) is 0 Å². The highest BCUT2D eigenvalue weighted by Crippen LogP contribution is 2.27. The van der Waals surface area contributed by atoms with Gasteiger partial charge in [-0.15, -0.1) is 0 Å². The van der Waals surface area contributed by atoms with Crippen LogP contribution in [0.5, 0.6) is 0 Å². The molecule has 0 aromatic heterocycles. The Morgan fingerprint density at radius 3 is 2.22 bits per heavy atom. The van der Waals surface area contributed by atoms with E-state index in [0.29, 0.717) is 0 Å². The Kier molecular flexibility index (Phi) is 8.64. The van der Waals surface area contributed by atoms with Gasteiger partial charge in [-0.05, 0) is 51.6 Å². The maximum atomic E-state index is 5.53. The zero-order valence-corrected chi connectivity index (χ0v) is 12.4. The van der Waals surface area contributed by atoms with E-state index in [1.165, 1.54) is 25.7 Å². The highest BCUT2D eigenvalue weighted by Gasteiger charge is 2.17. The summed E-state index contributed by atoms with van der Waals surface area (Å²) in [4.78, 5) is 0. The molecule has 18 heavy (non-hydrogen) atoms. The molecule has 3 nitrogen and oxygen atoms in total. The fourth-order valence-corrected chi connectivity index (χ4v) is 2.65. The van der Waals surface area contributed by atoms with Crippen LogP contribution in [-0.4, -0.2) is 32.6 Å². The van der Waals surface area contributed by atoms with Crippen LogP contribution in [0, 0.1) is 11.8 Å². The summed E-state index contributed by atoms with van der Waals surface area (Å²) in [5.41, 5.74) is 0. The predicted octanol–water partition coefficient (Wildman–Crippen LogP) is 3.19. The normalized spacial score (nSPS) is 24.7. The van der Waals surface area contributed by atoms with Crippen LogP contribution in [0.25, 0.3) is 0 Å². The summed E-state index contributed by atoms with van der Waals surface area (Å²) < 4.78 is 11.1. The summed E-state index contributed by atoms with van der Waals surface area (Å²) in [7, 11) is 0. The van der Waals surface area contributed by atoms with Gasteiger partial charge >= 0.3 is 0 Å². The van der Waals surface area contributed by atoms with E-state index in [0.717, 1.165) is 44.6 Å². The molecule has 0 bridgehead atoms. The first kappa shape index (κ1) is 15.9. The van der Waals surface area contributed by atoms with E-state index in [1.54, 1.807) is 0 Å². The van der Waals surface area contributed by atoms with Crippen molar-refractivity contribution in [3.63, 3.8) is 0 Å². The first-order chi connectivity index (χ1) is 8.76. The van der Waals surface area contributed by atoms with Gasteiger partial charge in [0.25, 0.3) is 0 Å². The number of hydrogen-bond donors (Lipinski definition) is 1.